The van der Waals surface area contributed by atoms with Crippen molar-refractivity contribution in [3.63, 3.8) is 0 Å². The van der Waals surface area contributed by atoms with Gasteiger partial charge in [-0.2, -0.15) is 0 Å². The lowest BCUT2D eigenvalue weighted by molar-refractivity contribution is -0.0809. The van der Waals surface area contributed by atoms with Crippen LogP contribution in [0.2, 0.25) is 0 Å². The molecule has 4 aliphatic rings. The monoisotopic (exact) mass is 399 g/mol. The number of allylic oxidation sites excluding steroid dienone is 2. The van der Waals surface area contributed by atoms with Gasteiger partial charge < -0.3 is 5.21 Å². The van der Waals surface area contributed by atoms with Gasteiger partial charge in [-0.25, -0.2) is 0 Å². The first-order valence-electron chi connectivity index (χ1n) is 12.7. The van der Waals surface area contributed by atoms with Gasteiger partial charge in [-0.1, -0.05) is 65.1 Å². The Kier molecular flexibility index (Phi) is 5.95. The zero-order chi connectivity index (χ0) is 20.8. The van der Waals surface area contributed by atoms with Gasteiger partial charge >= 0.3 is 0 Å². The minimum atomic E-state index is 0.319. The molecule has 0 aromatic heterocycles. The van der Waals surface area contributed by atoms with Crippen molar-refractivity contribution in [3.8, 4) is 0 Å². The smallest absolute Gasteiger partial charge is 0.0795 e. The Morgan fingerprint density at radius 1 is 1.03 bits per heavy atom. The molecule has 4 aliphatic carbocycles. The van der Waals surface area contributed by atoms with Crippen LogP contribution in [0.15, 0.2) is 17.3 Å². The summed E-state index contributed by atoms with van der Waals surface area (Å²) in [5, 5.41) is 12.8. The van der Waals surface area contributed by atoms with Crippen LogP contribution in [0.1, 0.15) is 98.8 Å². The van der Waals surface area contributed by atoms with Crippen molar-refractivity contribution in [3.05, 3.63) is 12.2 Å². The van der Waals surface area contributed by atoms with Gasteiger partial charge in [0.1, 0.15) is 0 Å². The highest BCUT2D eigenvalue weighted by molar-refractivity contribution is 5.95. The minimum Gasteiger partial charge on any atom is -0.411 e. The molecular weight excluding hydrogens is 354 g/mol. The van der Waals surface area contributed by atoms with Gasteiger partial charge in [0.05, 0.1) is 5.71 Å². The third kappa shape index (κ3) is 3.61. The van der Waals surface area contributed by atoms with Crippen LogP contribution in [-0.2, 0) is 0 Å². The molecule has 164 valence electrons. The van der Waals surface area contributed by atoms with E-state index < -0.39 is 0 Å². The molecule has 4 rings (SSSR count). The molecule has 0 heterocycles. The summed E-state index contributed by atoms with van der Waals surface area (Å²) in [6, 6.07) is 0. The number of hydrogen-bond acceptors (Lipinski definition) is 2. The fourth-order valence-corrected chi connectivity index (χ4v) is 8.75. The lowest BCUT2D eigenvalue weighted by Crippen LogP contribution is -2.52. The van der Waals surface area contributed by atoms with Crippen molar-refractivity contribution in [1.82, 2.24) is 0 Å². The van der Waals surface area contributed by atoms with Crippen LogP contribution in [0.3, 0.4) is 0 Å². The van der Waals surface area contributed by atoms with Crippen molar-refractivity contribution < 1.29 is 5.21 Å². The van der Waals surface area contributed by atoms with E-state index in [-0.39, 0.29) is 0 Å². The molecule has 2 heteroatoms. The summed E-state index contributed by atoms with van der Waals surface area (Å²) in [6.45, 7) is 12.5. The Labute approximate surface area is 179 Å². The van der Waals surface area contributed by atoms with E-state index in [2.05, 4.69) is 51.9 Å². The number of rotatable bonds is 5. The Morgan fingerprint density at radius 2 is 1.83 bits per heavy atom. The van der Waals surface area contributed by atoms with Crippen LogP contribution in [0.4, 0.5) is 0 Å². The van der Waals surface area contributed by atoms with E-state index in [1.54, 1.807) is 0 Å². The molecule has 0 radical (unpaired) electrons. The van der Waals surface area contributed by atoms with Crippen LogP contribution in [-0.4, -0.2) is 10.9 Å². The summed E-state index contributed by atoms with van der Waals surface area (Å²) in [6.07, 6.45) is 18.3. The van der Waals surface area contributed by atoms with E-state index in [1.807, 2.05) is 0 Å². The summed E-state index contributed by atoms with van der Waals surface area (Å²) in [5.74, 6) is 6.06. The fraction of sp³-hybridized carbons (Fsp3) is 0.889. The first kappa shape index (κ1) is 21.4. The highest BCUT2D eigenvalue weighted by Gasteiger charge is 2.59. The molecule has 3 saturated carbocycles. The Morgan fingerprint density at radius 3 is 2.55 bits per heavy atom. The maximum atomic E-state index is 9.26. The van der Waals surface area contributed by atoms with E-state index in [0.717, 1.165) is 47.6 Å². The van der Waals surface area contributed by atoms with Crippen molar-refractivity contribution in [1.29, 1.82) is 0 Å². The highest BCUT2D eigenvalue weighted by Crippen LogP contribution is 2.67. The van der Waals surface area contributed by atoms with Gasteiger partial charge in [0, 0.05) is 0 Å². The van der Waals surface area contributed by atoms with Gasteiger partial charge in [-0.15, -0.1) is 0 Å². The second kappa shape index (κ2) is 8.04. The van der Waals surface area contributed by atoms with E-state index in [1.165, 1.54) is 57.8 Å². The van der Waals surface area contributed by atoms with Crippen molar-refractivity contribution >= 4 is 5.71 Å². The summed E-state index contributed by atoms with van der Waals surface area (Å²) in [7, 11) is 0. The molecule has 0 bridgehead atoms. The normalized spacial score (nSPS) is 46.4. The van der Waals surface area contributed by atoms with Crippen LogP contribution < -0.4 is 0 Å². The van der Waals surface area contributed by atoms with Crippen molar-refractivity contribution in [2.24, 2.45) is 57.4 Å². The second-order valence-corrected chi connectivity index (χ2v) is 12.2. The lowest BCUT2D eigenvalue weighted by Gasteiger charge is -2.59. The predicted octanol–water partition coefficient (Wildman–Crippen LogP) is 7.71. The molecule has 0 aliphatic heterocycles. The Hall–Kier alpha value is -0.790. The molecule has 0 saturated heterocycles. The van der Waals surface area contributed by atoms with Crippen LogP contribution in [0, 0.1) is 52.3 Å². The number of hydrogen-bond donors (Lipinski definition) is 1. The zero-order valence-electron chi connectivity index (χ0n) is 19.7. The molecule has 8 atom stereocenters. The van der Waals surface area contributed by atoms with Crippen LogP contribution in [0.5, 0.6) is 0 Å². The first-order valence-corrected chi connectivity index (χ1v) is 12.7. The van der Waals surface area contributed by atoms with Gasteiger partial charge in [-0.05, 0) is 103 Å². The SMILES string of the molecule is CC(C)CCC[C@@H](C)[C@H]1CC[C@H]2[C@@H]3CCC4CC(=NO)C=C[C@]4(C)[C@H]3CC[C@]12C. The third-order valence-electron chi connectivity index (χ3n) is 10.4. The molecule has 0 amide bonds. The highest BCUT2D eigenvalue weighted by atomic mass is 16.4. The lowest BCUT2D eigenvalue weighted by atomic mass is 9.45. The summed E-state index contributed by atoms with van der Waals surface area (Å²) in [4.78, 5) is 0. The number of nitrogens with zero attached hydrogens (tertiary/aromatic N) is 1. The van der Waals surface area contributed by atoms with E-state index >= 15 is 0 Å². The van der Waals surface area contributed by atoms with E-state index in [0.29, 0.717) is 16.7 Å². The molecule has 0 aromatic rings. The van der Waals surface area contributed by atoms with Crippen molar-refractivity contribution in [2.75, 3.05) is 0 Å². The van der Waals surface area contributed by atoms with Crippen LogP contribution in [0.25, 0.3) is 0 Å². The van der Waals surface area contributed by atoms with Gasteiger partial charge in [-0.3, -0.25) is 0 Å². The molecule has 0 spiro atoms. The predicted molar refractivity (Wildman–Crippen MR) is 122 cm³/mol. The van der Waals surface area contributed by atoms with Crippen LogP contribution >= 0.6 is 0 Å². The Balaban J connectivity index is 1.49. The quantitative estimate of drug-likeness (QED) is 0.372. The summed E-state index contributed by atoms with van der Waals surface area (Å²) >= 11 is 0. The molecule has 1 unspecified atom stereocenters. The maximum Gasteiger partial charge on any atom is 0.0795 e. The number of fused-ring (bicyclic) bond motifs is 5. The molecule has 2 nitrogen and oxygen atoms in total. The average Bonchev–Trinajstić information content (AvgIpc) is 3.04. The van der Waals surface area contributed by atoms with E-state index in [4.69, 9.17) is 0 Å². The van der Waals surface area contributed by atoms with E-state index in [9.17, 15) is 5.21 Å². The third-order valence-corrected chi connectivity index (χ3v) is 10.4. The largest absolute Gasteiger partial charge is 0.411 e. The molecule has 3 fully saturated rings. The average molecular weight is 400 g/mol. The van der Waals surface area contributed by atoms with Crippen molar-refractivity contribution in [2.45, 2.75) is 98.8 Å². The molecule has 1 N–H and O–H groups in total. The summed E-state index contributed by atoms with van der Waals surface area (Å²) < 4.78 is 0. The fourth-order valence-electron chi connectivity index (χ4n) is 8.75. The topological polar surface area (TPSA) is 32.6 Å². The molecule has 0 aromatic carbocycles. The standard InChI is InChI=1S/C27H45NO/c1-18(2)7-6-8-19(3)23-11-12-24-22-10-9-20-17-21(28-29)13-15-26(20,4)25(22)14-16-27(23,24)5/h13,15,18-20,22-25,29H,6-12,14,16-17H2,1-5H3/t19-,20?,22+,23-,24+,25+,26+,27-/m1/s1. The maximum absolute atomic E-state index is 9.26. The summed E-state index contributed by atoms with van der Waals surface area (Å²) in [5.41, 5.74) is 1.79. The van der Waals surface area contributed by atoms with Gasteiger partial charge in [0.2, 0.25) is 0 Å². The Bertz CT molecular complexity index is 651. The zero-order valence-corrected chi connectivity index (χ0v) is 19.7. The molecule has 29 heavy (non-hydrogen) atoms. The molecular formula is C27H45NO. The van der Waals surface area contributed by atoms with Gasteiger partial charge in [0.15, 0.2) is 0 Å². The minimum absolute atomic E-state index is 0.319. The second-order valence-electron chi connectivity index (χ2n) is 12.2. The number of oxime groups is 1. The first-order chi connectivity index (χ1) is 13.8. The van der Waals surface area contributed by atoms with Gasteiger partial charge in [0.25, 0.3) is 0 Å².